The summed E-state index contributed by atoms with van der Waals surface area (Å²) >= 11 is 2.10. The maximum absolute atomic E-state index is 4.70. The first-order valence-corrected chi connectivity index (χ1v) is 15.9. The molecule has 0 radical (unpaired) electrons. The summed E-state index contributed by atoms with van der Waals surface area (Å²) in [6.07, 6.45) is 9.92. The average molecular weight is 551 g/mol. The van der Waals surface area contributed by atoms with Crippen molar-refractivity contribution >= 4 is 17.3 Å². The molecule has 0 spiro atoms. The Morgan fingerprint density at radius 1 is 0.732 bits per heavy atom. The Balaban J connectivity index is 1.43. The fourth-order valence-corrected chi connectivity index (χ4v) is 9.66. The quantitative estimate of drug-likeness (QED) is 0.214. The summed E-state index contributed by atoms with van der Waals surface area (Å²) in [5.74, 6) is 0. The van der Waals surface area contributed by atoms with Gasteiger partial charge in [-0.25, -0.2) is 0 Å². The van der Waals surface area contributed by atoms with Gasteiger partial charge in [0.15, 0.2) is 0 Å². The van der Waals surface area contributed by atoms with E-state index in [0.29, 0.717) is 0 Å². The molecule has 204 valence electrons. The second kappa shape index (κ2) is 9.78. The van der Waals surface area contributed by atoms with Gasteiger partial charge in [-0.05, 0) is 82.8 Å². The van der Waals surface area contributed by atoms with Crippen LogP contribution in [0.2, 0.25) is 0 Å². The van der Waals surface area contributed by atoms with E-state index in [1.165, 1.54) is 75.1 Å². The molecule has 2 atom stereocenters. The molecule has 0 bridgehead atoms. The molecular weight excluding hydrogens is 513 g/mol. The van der Waals surface area contributed by atoms with E-state index in [4.69, 9.17) is 6.58 Å². The minimum atomic E-state index is -0.385. The summed E-state index contributed by atoms with van der Waals surface area (Å²) in [4.78, 5) is 1.44. The van der Waals surface area contributed by atoms with E-state index in [0.717, 1.165) is 5.57 Å². The van der Waals surface area contributed by atoms with Crippen molar-refractivity contribution in [1.29, 1.82) is 0 Å². The van der Waals surface area contributed by atoms with Gasteiger partial charge >= 0.3 is 0 Å². The lowest BCUT2D eigenvalue weighted by atomic mass is 9.63. The van der Waals surface area contributed by atoms with Crippen LogP contribution in [0.1, 0.15) is 74.3 Å². The molecule has 2 aliphatic carbocycles. The highest BCUT2D eigenvalue weighted by Crippen LogP contribution is 2.67. The lowest BCUT2D eigenvalue weighted by Gasteiger charge is -2.44. The van der Waals surface area contributed by atoms with E-state index in [9.17, 15) is 0 Å². The van der Waals surface area contributed by atoms with Gasteiger partial charge in [0.25, 0.3) is 0 Å². The highest BCUT2D eigenvalue weighted by molar-refractivity contribution is 8.05. The molecule has 1 saturated carbocycles. The molecule has 2 unspecified atom stereocenters. The summed E-state index contributed by atoms with van der Waals surface area (Å²) in [6, 6.07) is 38.1. The Morgan fingerprint density at radius 3 is 2.02 bits per heavy atom. The van der Waals surface area contributed by atoms with Crippen LogP contribution in [0.4, 0.5) is 0 Å². The van der Waals surface area contributed by atoms with Crippen molar-refractivity contribution in [2.75, 3.05) is 0 Å². The second-order valence-corrected chi connectivity index (χ2v) is 13.9. The van der Waals surface area contributed by atoms with Crippen molar-refractivity contribution in [2.45, 2.75) is 56.6 Å². The molecule has 0 nitrogen and oxygen atoms in total. The first kappa shape index (κ1) is 26.4. The van der Waals surface area contributed by atoms with Gasteiger partial charge < -0.3 is 0 Å². The molecular formula is C40H38S. The molecule has 3 aliphatic rings. The van der Waals surface area contributed by atoms with E-state index in [1.54, 1.807) is 0 Å². The van der Waals surface area contributed by atoms with Crippen LogP contribution in [0.5, 0.6) is 0 Å². The molecule has 4 aromatic carbocycles. The molecule has 1 aliphatic heterocycles. The second-order valence-electron chi connectivity index (χ2n) is 12.4. The molecule has 1 saturated heterocycles. The van der Waals surface area contributed by atoms with Crippen molar-refractivity contribution in [3.05, 3.63) is 160 Å². The van der Waals surface area contributed by atoms with Crippen LogP contribution in [0.3, 0.4) is 0 Å². The van der Waals surface area contributed by atoms with Gasteiger partial charge in [-0.15, -0.1) is 11.8 Å². The topological polar surface area (TPSA) is 0 Å². The Labute approximate surface area is 249 Å². The zero-order valence-electron chi connectivity index (χ0n) is 24.4. The van der Waals surface area contributed by atoms with Crippen LogP contribution in [0, 0.1) is 5.41 Å². The Kier molecular flexibility index (Phi) is 6.28. The van der Waals surface area contributed by atoms with Crippen LogP contribution in [0.15, 0.2) is 132 Å². The van der Waals surface area contributed by atoms with Crippen LogP contribution >= 0.6 is 11.8 Å². The van der Waals surface area contributed by atoms with Gasteiger partial charge in [-0.3, -0.25) is 0 Å². The first-order chi connectivity index (χ1) is 19.9. The van der Waals surface area contributed by atoms with Crippen LogP contribution in [-0.4, -0.2) is 4.75 Å². The van der Waals surface area contributed by atoms with Crippen molar-refractivity contribution < 1.29 is 0 Å². The third kappa shape index (κ3) is 3.75. The highest BCUT2D eigenvalue weighted by Gasteiger charge is 2.55. The molecule has 0 amide bonds. The van der Waals surface area contributed by atoms with Gasteiger partial charge in [0.1, 0.15) is 0 Å². The predicted octanol–water partition coefficient (Wildman–Crippen LogP) is 11.0. The fraction of sp³-hybridized carbons (Fsp3) is 0.250. The maximum Gasteiger partial charge on any atom is 0.0713 e. The summed E-state index contributed by atoms with van der Waals surface area (Å²) in [6.45, 7) is 11.9. The van der Waals surface area contributed by atoms with Crippen LogP contribution in [0.25, 0.3) is 16.7 Å². The highest BCUT2D eigenvalue weighted by atomic mass is 32.2. The molecule has 4 aromatic rings. The molecule has 1 heterocycles. The van der Waals surface area contributed by atoms with E-state index < -0.39 is 0 Å². The van der Waals surface area contributed by atoms with Gasteiger partial charge in [-0.2, -0.15) is 0 Å². The summed E-state index contributed by atoms with van der Waals surface area (Å²) in [5.41, 5.74) is 11.5. The Bertz CT molecular complexity index is 1670. The SMILES string of the molecule is C=C(/C=C1\C(=C/C)SC2(C)CCCCC12C)c1ccc2c(c1)C(c1ccccc1)(c1ccccc1)c1ccccc1-2. The summed E-state index contributed by atoms with van der Waals surface area (Å²) < 4.78 is 0.258. The first-order valence-electron chi connectivity index (χ1n) is 15.0. The van der Waals surface area contributed by atoms with Gasteiger partial charge in [0, 0.05) is 15.1 Å². The van der Waals surface area contributed by atoms with Gasteiger partial charge in [0.05, 0.1) is 5.41 Å². The molecule has 2 fully saturated rings. The third-order valence-electron chi connectivity index (χ3n) is 10.4. The zero-order chi connectivity index (χ0) is 28.2. The van der Waals surface area contributed by atoms with E-state index in [2.05, 4.69) is 148 Å². The molecule has 7 rings (SSSR count). The summed E-state index contributed by atoms with van der Waals surface area (Å²) in [5, 5.41) is 0. The molecule has 41 heavy (non-hydrogen) atoms. The normalized spacial score (nSPS) is 26.0. The van der Waals surface area contributed by atoms with Crippen molar-refractivity contribution in [3.8, 4) is 11.1 Å². The average Bonchev–Trinajstić information content (AvgIpc) is 3.44. The number of hydrogen-bond donors (Lipinski definition) is 0. The lowest BCUT2D eigenvalue weighted by molar-refractivity contribution is 0.218. The number of allylic oxidation sites excluding steroid dienone is 4. The Hall–Kier alpha value is -3.55. The summed E-state index contributed by atoms with van der Waals surface area (Å²) in [7, 11) is 0. The number of benzene rings is 4. The maximum atomic E-state index is 4.70. The van der Waals surface area contributed by atoms with E-state index >= 15 is 0 Å². The van der Waals surface area contributed by atoms with Gasteiger partial charge in [0.2, 0.25) is 0 Å². The number of thioether (sulfide) groups is 1. The van der Waals surface area contributed by atoms with Crippen molar-refractivity contribution in [2.24, 2.45) is 5.41 Å². The smallest absolute Gasteiger partial charge is 0.0713 e. The molecule has 1 heteroatoms. The minimum absolute atomic E-state index is 0.172. The van der Waals surface area contributed by atoms with E-state index in [1.807, 2.05) is 0 Å². The van der Waals surface area contributed by atoms with Crippen molar-refractivity contribution in [1.82, 2.24) is 0 Å². The largest absolute Gasteiger partial charge is 0.119 e. The lowest BCUT2D eigenvalue weighted by Crippen LogP contribution is -2.40. The van der Waals surface area contributed by atoms with E-state index in [-0.39, 0.29) is 15.6 Å². The predicted molar refractivity (Wildman–Crippen MR) is 177 cm³/mol. The molecule has 0 aromatic heterocycles. The molecule has 0 N–H and O–H groups in total. The van der Waals surface area contributed by atoms with Crippen molar-refractivity contribution in [3.63, 3.8) is 0 Å². The van der Waals surface area contributed by atoms with Gasteiger partial charge in [-0.1, -0.05) is 136 Å². The monoisotopic (exact) mass is 550 g/mol. The number of hydrogen-bond acceptors (Lipinski definition) is 1. The van der Waals surface area contributed by atoms with Crippen LogP contribution < -0.4 is 0 Å². The fourth-order valence-electron chi connectivity index (χ4n) is 7.98. The zero-order valence-corrected chi connectivity index (χ0v) is 25.2. The number of fused-ring (bicyclic) bond motifs is 4. The standard InChI is InChI=1S/C40H38S/c1-5-37-36(38(3)24-14-15-25-39(38,4)41-37)26-28(2)29-22-23-33-32-20-12-13-21-34(32)40(35(33)27-29,30-16-8-6-9-17-30)31-18-10-7-11-19-31/h5-13,16-23,26-27H,2,14-15,24-25H2,1,3-4H3/b36-26+,37-5+. The Morgan fingerprint density at radius 2 is 1.34 bits per heavy atom. The van der Waals surface area contributed by atoms with Crippen LogP contribution in [-0.2, 0) is 5.41 Å². The minimum Gasteiger partial charge on any atom is -0.119 e. The third-order valence-corrected chi connectivity index (χ3v) is 12.1. The number of rotatable bonds is 4.